The van der Waals surface area contributed by atoms with E-state index in [4.69, 9.17) is 5.11 Å². The van der Waals surface area contributed by atoms with Crippen LogP contribution in [0.5, 0.6) is 0 Å². The van der Waals surface area contributed by atoms with Crippen LogP contribution in [0.1, 0.15) is 60.3 Å². The van der Waals surface area contributed by atoms with E-state index in [0.29, 0.717) is 12.8 Å². The first-order valence-corrected chi connectivity index (χ1v) is 5.81. The van der Waals surface area contributed by atoms with Gasteiger partial charge < -0.3 is 5.11 Å². The van der Waals surface area contributed by atoms with Crippen molar-refractivity contribution in [2.75, 3.05) is 0 Å². The number of ketones is 1. The maximum Gasteiger partial charge on any atom is 0.303 e. The molecule has 3 nitrogen and oxygen atoms in total. The normalized spacial score (nSPS) is 12.6. The molecule has 0 fully saturated rings. The number of hydrogen-bond acceptors (Lipinski definition) is 2. The van der Waals surface area contributed by atoms with Gasteiger partial charge in [0.05, 0.1) is 6.42 Å². The standard InChI is InChI=1S/C13H24O3/c1-6-10(14)7-12(2,3)9-13(4,5)8-11(15)16/h6-9H2,1-5H3,(H,15,16). The molecule has 1 N–H and O–H groups in total. The van der Waals surface area contributed by atoms with E-state index in [1.54, 1.807) is 0 Å². The first-order chi connectivity index (χ1) is 7.08. The summed E-state index contributed by atoms with van der Waals surface area (Å²) in [6.45, 7) is 9.81. The third kappa shape index (κ3) is 6.59. The van der Waals surface area contributed by atoms with Gasteiger partial charge in [0.25, 0.3) is 0 Å². The second-order valence-electron chi connectivity index (χ2n) is 6.14. The van der Waals surface area contributed by atoms with Crippen molar-refractivity contribution in [3.63, 3.8) is 0 Å². The van der Waals surface area contributed by atoms with E-state index in [1.807, 2.05) is 34.6 Å². The summed E-state index contributed by atoms with van der Waals surface area (Å²) < 4.78 is 0. The topological polar surface area (TPSA) is 54.4 Å². The highest BCUT2D eigenvalue weighted by Gasteiger charge is 2.31. The van der Waals surface area contributed by atoms with E-state index in [0.717, 1.165) is 6.42 Å². The lowest BCUT2D eigenvalue weighted by Gasteiger charge is -2.33. The molecule has 0 heterocycles. The van der Waals surface area contributed by atoms with Crippen molar-refractivity contribution in [1.29, 1.82) is 0 Å². The van der Waals surface area contributed by atoms with E-state index in [9.17, 15) is 9.59 Å². The Morgan fingerprint density at radius 2 is 1.44 bits per heavy atom. The molecule has 0 amide bonds. The maximum atomic E-state index is 11.4. The minimum absolute atomic E-state index is 0.119. The molecule has 94 valence electrons. The van der Waals surface area contributed by atoms with Crippen LogP contribution in [0.2, 0.25) is 0 Å². The summed E-state index contributed by atoms with van der Waals surface area (Å²) in [5.41, 5.74) is -0.380. The predicted octanol–water partition coefficient (Wildman–Crippen LogP) is 3.27. The summed E-state index contributed by atoms with van der Waals surface area (Å²) in [5.74, 6) is -0.529. The molecule has 0 aromatic carbocycles. The minimum Gasteiger partial charge on any atom is -0.481 e. The molecular weight excluding hydrogens is 204 g/mol. The minimum atomic E-state index is -0.775. The number of carboxylic acids is 1. The van der Waals surface area contributed by atoms with Gasteiger partial charge in [0.15, 0.2) is 0 Å². The van der Waals surface area contributed by atoms with Gasteiger partial charge in [-0.2, -0.15) is 0 Å². The van der Waals surface area contributed by atoms with Gasteiger partial charge in [-0.15, -0.1) is 0 Å². The molecule has 0 aliphatic rings. The van der Waals surface area contributed by atoms with Crippen LogP contribution in [-0.4, -0.2) is 16.9 Å². The summed E-state index contributed by atoms with van der Waals surface area (Å²) in [5, 5.41) is 8.81. The molecule has 0 atom stereocenters. The molecule has 0 bridgehead atoms. The Balaban J connectivity index is 4.44. The first-order valence-electron chi connectivity index (χ1n) is 5.81. The Morgan fingerprint density at radius 3 is 1.81 bits per heavy atom. The average molecular weight is 228 g/mol. The number of Topliss-reactive ketones (excluding diaryl/α,β-unsaturated/α-hetero) is 1. The van der Waals surface area contributed by atoms with Crippen molar-refractivity contribution in [3.05, 3.63) is 0 Å². The molecule has 16 heavy (non-hydrogen) atoms. The van der Waals surface area contributed by atoms with Crippen LogP contribution in [-0.2, 0) is 9.59 Å². The summed E-state index contributed by atoms with van der Waals surface area (Å²) >= 11 is 0. The second kappa shape index (κ2) is 5.46. The predicted molar refractivity (Wildman–Crippen MR) is 64.3 cm³/mol. The van der Waals surface area contributed by atoms with Crippen LogP contribution in [0.15, 0.2) is 0 Å². The lowest BCUT2D eigenvalue weighted by Crippen LogP contribution is -2.27. The molecular formula is C13H24O3. The number of carbonyl (C=O) groups excluding carboxylic acids is 1. The molecule has 0 rings (SSSR count). The molecule has 0 unspecified atom stereocenters. The molecule has 0 radical (unpaired) electrons. The summed E-state index contributed by atoms with van der Waals surface area (Å²) in [7, 11) is 0. The first kappa shape index (κ1) is 15.1. The highest BCUT2D eigenvalue weighted by Crippen LogP contribution is 2.38. The molecule has 0 saturated heterocycles. The van der Waals surface area contributed by atoms with Crippen molar-refractivity contribution in [1.82, 2.24) is 0 Å². The van der Waals surface area contributed by atoms with Crippen LogP contribution < -0.4 is 0 Å². The Morgan fingerprint density at radius 1 is 1.00 bits per heavy atom. The van der Waals surface area contributed by atoms with Crippen LogP contribution in [0.25, 0.3) is 0 Å². The van der Waals surface area contributed by atoms with Gasteiger partial charge in [-0.3, -0.25) is 9.59 Å². The maximum absolute atomic E-state index is 11.4. The van der Waals surface area contributed by atoms with E-state index in [2.05, 4.69) is 0 Å². The van der Waals surface area contributed by atoms with Crippen LogP contribution in [0.3, 0.4) is 0 Å². The summed E-state index contributed by atoms with van der Waals surface area (Å²) in [6.07, 6.45) is 1.99. The molecule has 0 aromatic heterocycles. The monoisotopic (exact) mass is 228 g/mol. The molecule has 3 heteroatoms. The van der Waals surface area contributed by atoms with Gasteiger partial charge in [0, 0.05) is 12.8 Å². The van der Waals surface area contributed by atoms with Crippen LogP contribution in [0.4, 0.5) is 0 Å². The lowest BCUT2D eigenvalue weighted by atomic mass is 9.71. The summed E-state index contributed by atoms with van der Waals surface area (Å²) in [4.78, 5) is 22.1. The third-order valence-corrected chi connectivity index (χ3v) is 2.66. The van der Waals surface area contributed by atoms with E-state index < -0.39 is 5.97 Å². The van der Waals surface area contributed by atoms with E-state index in [1.165, 1.54) is 0 Å². The van der Waals surface area contributed by atoms with Gasteiger partial charge >= 0.3 is 5.97 Å². The highest BCUT2D eigenvalue weighted by atomic mass is 16.4. The molecule has 0 aliphatic heterocycles. The van der Waals surface area contributed by atoms with Gasteiger partial charge in [-0.05, 0) is 17.3 Å². The van der Waals surface area contributed by atoms with Crippen molar-refractivity contribution < 1.29 is 14.7 Å². The fraction of sp³-hybridized carbons (Fsp3) is 0.846. The van der Waals surface area contributed by atoms with Gasteiger partial charge in [-0.25, -0.2) is 0 Å². The molecule has 0 aliphatic carbocycles. The molecule has 0 spiro atoms. The number of rotatable bonds is 7. The van der Waals surface area contributed by atoms with Crippen molar-refractivity contribution in [2.45, 2.75) is 60.3 Å². The average Bonchev–Trinajstić information content (AvgIpc) is 1.97. The number of hydrogen-bond donors (Lipinski definition) is 1. The second-order valence-corrected chi connectivity index (χ2v) is 6.14. The zero-order valence-corrected chi connectivity index (χ0v) is 11.1. The van der Waals surface area contributed by atoms with Gasteiger partial charge in [0.2, 0.25) is 0 Å². The summed E-state index contributed by atoms with van der Waals surface area (Å²) in [6, 6.07) is 0. The number of carboxylic acid groups (broad SMARTS) is 1. The fourth-order valence-corrected chi connectivity index (χ4v) is 2.49. The van der Waals surface area contributed by atoms with Gasteiger partial charge in [-0.1, -0.05) is 34.6 Å². The third-order valence-electron chi connectivity index (χ3n) is 2.66. The Kier molecular flexibility index (Phi) is 5.17. The van der Waals surface area contributed by atoms with Crippen molar-refractivity contribution >= 4 is 11.8 Å². The number of aliphatic carboxylic acids is 1. The SMILES string of the molecule is CCC(=O)CC(C)(C)CC(C)(C)CC(=O)O. The fourth-order valence-electron chi connectivity index (χ4n) is 2.49. The molecule has 0 saturated carbocycles. The van der Waals surface area contributed by atoms with Gasteiger partial charge in [0.1, 0.15) is 5.78 Å². The Hall–Kier alpha value is -0.860. The van der Waals surface area contributed by atoms with Crippen LogP contribution >= 0.6 is 0 Å². The highest BCUT2D eigenvalue weighted by molar-refractivity contribution is 5.78. The Labute approximate surface area is 98.2 Å². The smallest absolute Gasteiger partial charge is 0.303 e. The number of carbonyl (C=O) groups is 2. The van der Waals surface area contributed by atoms with E-state index >= 15 is 0 Å². The van der Waals surface area contributed by atoms with Crippen molar-refractivity contribution in [3.8, 4) is 0 Å². The van der Waals surface area contributed by atoms with Crippen LogP contribution in [0, 0.1) is 10.8 Å². The lowest BCUT2D eigenvalue weighted by molar-refractivity contribution is -0.139. The zero-order valence-electron chi connectivity index (χ0n) is 11.1. The zero-order chi connectivity index (χ0) is 13.0. The van der Waals surface area contributed by atoms with E-state index in [-0.39, 0.29) is 23.0 Å². The Bertz CT molecular complexity index is 264. The molecule has 0 aromatic rings. The largest absolute Gasteiger partial charge is 0.481 e. The quantitative estimate of drug-likeness (QED) is 0.727. The van der Waals surface area contributed by atoms with Crippen molar-refractivity contribution in [2.24, 2.45) is 10.8 Å².